The minimum atomic E-state index is 0.316. The minimum Gasteiger partial charge on any atom is -0.396 e. The molecule has 5 nitrogen and oxygen atoms in total. The van der Waals surface area contributed by atoms with Crippen LogP contribution in [0.3, 0.4) is 0 Å². The van der Waals surface area contributed by atoms with Crippen LogP contribution in [0.2, 0.25) is 0 Å². The molecule has 31 heavy (non-hydrogen) atoms. The number of aromatic nitrogens is 2. The molecule has 0 aromatic carbocycles. The van der Waals surface area contributed by atoms with Crippen molar-refractivity contribution in [3.05, 3.63) is 84.6 Å². The number of nitrogens with zero attached hydrogens (tertiary/aromatic N) is 3. The van der Waals surface area contributed by atoms with Crippen LogP contribution >= 0.6 is 0 Å². The van der Waals surface area contributed by atoms with E-state index in [1.54, 1.807) is 12.4 Å². The SMILES string of the molecule is C=C(Nc1cccnc1)N(c1nc(C2=CC(C)=CCC=C2)ccc1N)C1CCCCC1. The third-order valence-electron chi connectivity index (χ3n) is 5.87. The van der Waals surface area contributed by atoms with Crippen molar-refractivity contribution in [2.45, 2.75) is 51.5 Å². The van der Waals surface area contributed by atoms with Crippen LogP contribution in [-0.4, -0.2) is 16.0 Å². The maximum Gasteiger partial charge on any atom is 0.158 e. The van der Waals surface area contributed by atoms with Crippen LogP contribution in [-0.2, 0) is 0 Å². The number of pyridine rings is 2. The molecule has 2 aromatic heterocycles. The second-order valence-corrected chi connectivity index (χ2v) is 8.27. The third-order valence-corrected chi connectivity index (χ3v) is 5.87. The Morgan fingerprint density at radius 3 is 2.81 bits per heavy atom. The second-order valence-electron chi connectivity index (χ2n) is 8.27. The molecule has 4 rings (SSSR count). The molecular weight excluding hydrogens is 382 g/mol. The van der Waals surface area contributed by atoms with Crippen molar-refractivity contribution >= 4 is 22.8 Å². The lowest BCUT2D eigenvalue weighted by Crippen LogP contribution is -2.39. The van der Waals surface area contributed by atoms with Gasteiger partial charge < -0.3 is 16.0 Å². The number of anilines is 3. The van der Waals surface area contributed by atoms with Crippen molar-refractivity contribution in [3.63, 3.8) is 0 Å². The van der Waals surface area contributed by atoms with Crippen molar-refractivity contribution in [2.24, 2.45) is 0 Å². The number of hydrogen-bond acceptors (Lipinski definition) is 5. The van der Waals surface area contributed by atoms with Crippen LogP contribution in [0, 0.1) is 0 Å². The second kappa shape index (κ2) is 9.65. The monoisotopic (exact) mass is 413 g/mol. The molecule has 1 saturated carbocycles. The van der Waals surface area contributed by atoms with Gasteiger partial charge in [0.15, 0.2) is 5.82 Å². The minimum absolute atomic E-state index is 0.316. The summed E-state index contributed by atoms with van der Waals surface area (Å²) in [6, 6.07) is 8.18. The van der Waals surface area contributed by atoms with Gasteiger partial charge in [-0.25, -0.2) is 4.98 Å². The molecule has 2 aliphatic rings. The zero-order valence-corrected chi connectivity index (χ0v) is 18.2. The van der Waals surface area contributed by atoms with E-state index in [2.05, 4.69) is 53.0 Å². The summed E-state index contributed by atoms with van der Waals surface area (Å²) in [6.45, 7) is 6.49. The van der Waals surface area contributed by atoms with E-state index in [9.17, 15) is 0 Å². The lowest BCUT2D eigenvalue weighted by atomic mass is 9.94. The Kier molecular flexibility index (Phi) is 6.51. The molecular formula is C26H31N5. The standard InChI is InChI=1S/C26H31N5/c1-19-9-6-7-10-21(17-19)25-15-14-24(27)26(30-25)31(23-12-4-3-5-13-23)20(2)29-22-11-8-16-28-18-22/h7-11,14-18,23,29H,2-6,12-13,27H2,1H3. The molecule has 0 atom stereocenters. The topological polar surface area (TPSA) is 67.1 Å². The van der Waals surface area contributed by atoms with Crippen molar-refractivity contribution in [2.75, 3.05) is 16.0 Å². The van der Waals surface area contributed by atoms with E-state index in [0.717, 1.165) is 47.9 Å². The van der Waals surface area contributed by atoms with E-state index >= 15 is 0 Å². The molecule has 0 unspecified atom stereocenters. The first-order valence-electron chi connectivity index (χ1n) is 11.1. The maximum absolute atomic E-state index is 6.48. The highest BCUT2D eigenvalue weighted by molar-refractivity contribution is 5.78. The van der Waals surface area contributed by atoms with Crippen LogP contribution in [0.1, 0.15) is 51.1 Å². The van der Waals surface area contributed by atoms with Gasteiger partial charge in [0.2, 0.25) is 0 Å². The van der Waals surface area contributed by atoms with Crippen molar-refractivity contribution < 1.29 is 0 Å². The van der Waals surface area contributed by atoms with Crippen LogP contribution < -0.4 is 16.0 Å². The van der Waals surface area contributed by atoms with Crippen LogP contribution in [0.25, 0.3) is 5.57 Å². The van der Waals surface area contributed by atoms with Crippen LogP contribution in [0.15, 0.2) is 78.9 Å². The molecule has 0 amide bonds. The van der Waals surface area contributed by atoms with Gasteiger partial charge in [-0.2, -0.15) is 0 Å². The Morgan fingerprint density at radius 2 is 2.03 bits per heavy atom. The Morgan fingerprint density at radius 1 is 1.19 bits per heavy atom. The Bertz CT molecular complexity index is 1010. The van der Waals surface area contributed by atoms with Gasteiger partial charge >= 0.3 is 0 Å². The molecule has 1 fully saturated rings. The molecule has 0 aliphatic heterocycles. The summed E-state index contributed by atoms with van der Waals surface area (Å²) in [4.78, 5) is 11.5. The summed E-state index contributed by atoms with van der Waals surface area (Å²) in [6.07, 6.45) is 19.1. The highest BCUT2D eigenvalue weighted by Crippen LogP contribution is 2.34. The van der Waals surface area contributed by atoms with Crippen molar-refractivity contribution in [1.82, 2.24) is 9.97 Å². The molecule has 2 heterocycles. The summed E-state index contributed by atoms with van der Waals surface area (Å²) in [5.74, 6) is 1.55. The van der Waals surface area contributed by atoms with Gasteiger partial charge in [0, 0.05) is 17.8 Å². The number of rotatable bonds is 6. The summed E-state index contributed by atoms with van der Waals surface area (Å²) >= 11 is 0. The number of nitrogens with one attached hydrogen (secondary N) is 1. The van der Waals surface area contributed by atoms with Crippen molar-refractivity contribution in [1.29, 1.82) is 0 Å². The van der Waals surface area contributed by atoms with E-state index in [-0.39, 0.29) is 0 Å². The molecule has 3 N–H and O–H groups in total. The first-order chi connectivity index (χ1) is 15.1. The van der Waals surface area contributed by atoms with Gasteiger partial charge in [-0.3, -0.25) is 4.98 Å². The molecule has 0 bridgehead atoms. The normalized spacial score (nSPS) is 16.8. The van der Waals surface area contributed by atoms with Crippen molar-refractivity contribution in [3.8, 4) is 0 Å². The van der Waals surface area contributed by atoms with E-state index in [4.69, 9.17) is 10.7 Å². The van der Waals surface area contributed by atoms with Gasteiger partial charge in [0.1, 0.15) is 5.82 Å². The lowest BCUT2D eigenvalue weighted by Gasteiger charge is -2.37. The van der Waals surface area contributed by atoms with Crippen LogP contribution in [0.4, 0.5) is 17.2 Å². The first kappa shape index (κ1) is 20.9. The van der Waals surface area contributed by atoms with Gasteiger partial charge in [-0.15, -0.1) is 0 Å². The average molecular weight is 414 g/mol. The summed E-state index contributed by atoms with van der Waals surface area (Å²) in [7, 11) is 0. The zero-order chi connectivity index (χ0) is 21.6. The fourth-order valence-electron chi connectivity index (χ4n) is 4.30. The third kappa shape index (κ3) is 5.05. The largest absolute Gasteiger partial charge is 0.396 e. The quantitative estimate of drug-likeness (QED) is 0.601. The van der Waals surface area contributed by atoms with Gasteiger partial charge in [0.25, 0.3) is 0 Å². The molecule has 160 valence electrons. The molecule has 0 saturated heterocycles. The highest BCUT2D eigenvalue weighted by Gasteiger charge is 2.27. The van der Waals surface area contributed by atoms with Crippen LogP contribution in [0.5, 0.6) is 0 Å². The number of hydrogen-bond donors (Lipinski definition) is 2. The smallest absolute Gasteiger partial charge is 0.158 e. The number of nitrogens with two attached hydrogens (primary N) is 1. The fourth-order valence-corrected chi connectivity index (χ4v) is 4.30. The zero-order valence-electron chi connectivity index (χ0n) is 18.2. The lowest BCUT2D eigenvalue weighted by molar-refractivity contribution is 0.428. The molecule has 0 radical (unpaired) electrons. The summed E-state index contributed by atoms with van der Waals surface area (Å²) in [5, 5.41) is 3.42. The van der Waals surface area contributed by atoms with Gasteiger partial charge in [-0.1, -0.05) is 55.7 Å². The Balaban J connectivity index is 1.72. The fraction of sp³-hybridized carbons (Fsp3) is 0.308. The predicted octanol–water partition coefficient (Wildman–Crippen LogP) is 6.07. The molecule has 5 heteroatoms. The van der Waals surface area contributed by atoms with E-state index in [1.165, 1.54) is 24.8 Å². The average Bonchev–Trinajstić information content (AvgIpc) is 3.01. The molecule has 2 aliphatic carbocycles. The van der Waals surface area contributed by atoms with E-state index in [1.807, 2.05) is 24.3 Å². The summed E-state index contributed by atoms with van der Waals surface area (Å²) < 4.78 is 0. The Labute approximate surface area is 185 Å². The Hall–Kier alpha value is -3.34. The summed E-state index contributed by atoms with van der Waals surface area (Å²) in [5.41, 5.74) is 11.3. The molecule has 0 spiro atoms. The van der Waals surface area contributed by atoms with E-state index in [0.29, 0.717) is 11.7 Å². The first-order valence-corrected chi connectivity index (χ1v) is 11.1. The molecule has 2 aromatic rings. The number of allylic oxidation sites excluding steroid dienone is 6. The highest BCUT2D eigenvalue weighted by atomic mass is 15.3. The predicted molar refractivity (Wildman–Crippen MR) is 130 cm³/mol. The maximum atomic E-state index is 6.48. The van der Waals surface area contributed by atoms with Gasteiger partial charge in [0.05, 0.1) is 23.3 Å². The van der Waals surface area contributed by atoms with Gasteiger partial charge in [-0.05, 0) is 50.5 Å². The van der Waals surface area contributed by atoms with E-state index < -0.39 is 0 Å². The number of nitrogen functional groups attached to an aromatic ring is 1.